The normalized spacial score (nSPS) is 26.8. The Balaban J connectivity index is 1.97. The zero-order valence-electron chi connectivity index (χ0n) is 6.27. The number of nitro groups is 1. The Bertz CT molecular complexity index is 237. The Labute approximate surface area is 68.1 Å². The highest BCUT2D eigenvalue weighted by Gasteiger charge is 2.36. The van der Waals surface area contributed by atoms with Crippen LogP contribution in [0.15, 0.2) is 4.99 Å². The number of ether oxygens (including phenoxy) is 1. The van der Waals surface area contributed by atoms with Gasteiger partial charge in [-0.2, -0.15) is 0 Å². The van der Waals surface area contributed by atoms with Crippen molar-refractivity contribution >= 4 is 5.96 Å². The molecular formula is C5H8N4O3. The van der Waals surface area contributed by atoms with E-state index in [4.69, 9.17) is 4.74 Å². The SMILES string of the molecule is O=[N+]([O-])NC1=NCCN1C1CO1. The van der Waals surface area contributed by atoms with E-state index < -0.39 is 5.03 Å². The molecule has 0 aromatic carbocycles. The third-order valence-electron chi connectivity index (χ3n) is 1.73. The van der Waals surface area contributed by atoms with Gasteiger partial charge in [0.2, 0.25) is 0 Å². The van der Waals surface area contributed by atoms with E-state index in [0.717, 1.165) is 0 Å². The molecule has 1 atom stereocenters. The summed E-state index contributed by atoms with van der Waals surface area (Å²) >= 11 is 0. The molecule has 0 saturated carbocycles. The minimum Gasteiger partial charge on any atom is -0.351 e. The van der Waals surface area contributed by atoms with Gasteiger partial charge in [-0.25, -0.2) is 15.1 Å². The third-order valence-corrected chi connectivity index (χ3v) is 1.73. The second kappa shape index (κ2) is 2.59. The van der Waals surface area contributed by atoms with Crippen LogP contribution in [0.3, 0.4) is 0 Å². The lowest BCUT2D eigenvalue weighted by Crippen LogP contribution is -2.42. The molecule has 66 valence electrons. The highest BCUT2D eigenvalue weighted by molar-refractivity contribution is 5.80. The standard InChI is InChI=1S/C5H8N4O3/c10-9(11)7-5-6-1-2-8(5)4-3-12-4/h4H,1-3H2,(H,6,7). The fourth-order valence-electron chi connectivity index (χ4n) is 1.14. The quantitative estimate of drug-likeness (QED) is 0.321. The molecule has 1 saturated heterocycles. The van der Waals surface area contributed by atoms with Gasteiger partial charge in [-0.15, -0.1) is 0 Å². The first kappa shape index (κ1) is 7.29. The van der Waals surface area contributed by atoms with Crippen molar-refractivity contribution in [2.75, 3.05) is 19.7 Å². The Morgan fingerprint density at radius 3 is 3.17 bits per heavy atom. The molecule has 2 aliphatic heterocycles. The Morgan fingerprint density at radius 1 is 1.83 bits per heavy atom. The zero-order chi connectivity index (χ0) is 8.55. The average molecular weight is 172 g/mol. The summed E-state index contributed by atoms with van der Waals surface area (Å²) in [5.74, 6) is 0.308. The number of epoxide rings is 1. The third kappa shape index (κ3) is 1.30. The number of rotatable bonds is 2. The smallest absolute Gasteiger partial charge is 0.259 e. The van der Waals surface area contributed by atoms with Crippen LogP contribution in [0, 0.1) is 10.1 Å². The van der Waals surface area contributed by atoms with Crippen molar-refractivity contribution in [3.05, 3.63) is 10.1 Å². The second-order valence-electron chi connectivity index (χ2n) is 2.56. The fraction of sp³-hybridized carbons (Fsp3) is 0.800. The lowest BCUT2D eigenvalue weighted by molar-refractivity contribution is -0.526. The van der Waals surface area contributed by atoms with Crippen molar-refractivity contribution in [1.82, 2.24) is 10.3 Å². The van der Waals surface area contributed by atoms with Crippen molar-refractivity contribution in [2.24, 2.45) is 4.99 Å². The molecule has 0 aromatic heterocycles. The molecule has 0 spiro atoms. The number of aliphatic imine (C=N–C) groups is 1. The molecule has 12 heavy (non-hydrogen) atoms. The first-order valence-corrected chi connectivity index (χ1v) is 3.61. The predicted octanol–water partition coefficient (Wildman–Crippen LogP) is -1.20. The van der Waals surface area contributed by atoms with E-state index >= 15 is 0 Å². The first-order chi connectivity index (χ1) is 5.77. The average Bonchev–Trinajstić information content (AvgIpc) is 2.73. The van der Waals surface area contributed by atoms with Gasteiger partial charge in [0, 0.05) is 6.54 Å². The largest absolute Gasteiger partial charge is 0.351 e. The molecule has 1 fully saturated rings. The van der Waals surface area contributed by atoms with Crippen LogP contribution in [-0.2, 0) is 4.74 Å². The molecule has 2 heterocycles. The van der Waals surface area contributed by atoms with Gasteiger partial charge in [-0.3, -0.25) is 0 Å². The predicted molar refractivity (Wildman–Crippen MR) is 38.9 cm³/mol. The molecular weight excluding hydrogens is 164 g/mol. The van der Waals surface area contributed by atoms with E-state index in [9.17, 15) is 10.1 Å². The van der Waals surface area contributed by atoms with Crippen molar-refractivity contribution < 1.29 is 9.77 Å². The molecule has 0 radical (unpaired) electrons. The molecule has 1 N–H and O–H groups in total. The summed E-state index contributed by atoms with van der Waals surface area (Å²) in [6.07, 6.45) is -0.00120. The van der Waals surface area contributed by atoms with Crippen LogP contribution in [0.2, 0.25) is 0 Å². The zero-order valence-corrected chi connectivity index (χ0v) is 6.27. The van der Waals surface area contributed by atoms with E-state index in [-0.39, 0.29) is 6.23 Å². The number of hydrogen-bond donors (Lipinski definition) is 1. The summed E-state index contributed by atoms with van der Waals surface area (Å²) in [7, 11) is 0. The lowest BCUT2D eigenvalue weighted by Gasteiger charge is -2.13. The minimum atomic E-state index is -0.612. The van der Waals surface area contributed by atoms with Crippen molar-refractivity contribution in [2.45, 2.75) is 6.23 Å². The second-order valence-corrected chi connectivity index (χ2v) is 2.56. The summed E-state index contributed by atoms with van der Waals surface area (Å²) in [4.78, 5) is 15.8. The maximum absolute atomic E-state index is 10.1. The lowest BCUT2D eigenvalue weighted by atomic mass is 10.5. The van der Waals surface area contributed by atoms with Gasteiger partial charge in [0.1, 0.15) is 0 Å². The van der Waals surface area contributed by atoms with Crippen LogP contribution in [0.25, 0.3) is 0 Å². The van der Waals surface area contributed by atoms with E-state index in [1.807, 2.05) is 5.43 Å². The first-order valence-electron chi connectivity index (χ1n) is 3.61. The highest BCUT2D eigenvalue weighted by Crippen LogP contribution is 2.17. The molecule has 0 bridgehead atoms. The van der Waals surface area contributed by atoms with Crippen LogP contribution < -0.4 is 5.43 Å². The van der Waals surface area contributed by atoms with Gasteiger partial charge in [-0.1, -0.05) is 5.43 Å². The van der Waals surface area contributed by atoms with E-state index in [0.29, 0.717) is 25.7 Å². The molecule has 1 unspecified atom stereocenters. The molecule has 7 heteroatoms. The van der Waals surface area contributed by atoms with Crippen molar-refractivity contribution in [1.29, 1.82) is 0 Å². The van der Waals surface area contributed by atoms with Crippen LogP contribution >= 0.6 is 0 Å². The summed E-state index contributed by atoms with van der Waals surface area (Å²) in [6.45, 7) is 1.93. The number of nitrogens with zero attached hydrogens (tertiary/aromatic N) is 3. The maximum atomic E-state index is 10.1. The number of hydrogen-bond acceptors (Lipinski definition) is 5. The van der Waals surface area contributed by atoms with Gasteiger partial charge in [0.05, 0.1) is 13.2 Å². The number of hydrazine groups is 1. The molecule has 0 aromatic rings. The van der Waals surface area contributed by atoms with Gasteiger partial charge in [0.25, 0.3) is 5.96 Å². The number of guanidine groups is 1. The summed E-state index contributed by atoms with van der Waals surface area (Å²) in [5.41, 5.74) is 2.03. The van der Waals surface area contributed by atoms with E-state index in [2.05, 4.69) is 4.99 Å². The molecule has 0 aliphatic carbocycles. The maximum Gasteiger partial charge on any atom is 0.259 e. The topological polar surface area (TPSA) is 83.3 Å². The van der Waals surface area contributed by atoms with Crippen LogP contribution in [-0.4, -0.2) is 41.8 Å². The molecule has 2 rings (SSSR count). The monoisotopic (exact) mass is 172 g/mol. The Kier molecular flexibility index (Phi) is 1.58. The Hall–Kier alpha value is -1.37. The van der Waals surface area contributed by atoms with Crippen LogP contribution in [0.5, 0.6) is 0 Å². The molecule has 0 amide bonds. The highest BCUT2D eigenvalue weighted by atomic mass is 16.7. The fourth-order valence-corrected chi connectivity index (χ4v) is 1.14. The van der Waals surface area contributed by atoms with Gasteiger partial charge in [0.15, 0.2) is 11.3 Å². The van der Waals surface area contributed by atoms with Crippen molar-refractivity contribution in [3.63, 3.8) is 0 Å². The summed E-state index contributed by atoms with van der Waals surface area (Å²) < 4.78 is 4.99. The summed E-state index contributed by atoms with van der Waals surface area (Å²) in [5, 5.41) is 9.48. The van der Waals surface area contributed by atoms with Gasteiger partial charge >= 0.3 is 0 Å². The van der Waals surface area contributed by atoms with Gasteiger partial charge in [-0.05, 0) is 0 Å². The van der Waals surface area contributed by atoms with Crippen LogP contribution in [0.4, 0.5) is 0 Å². The van der Waals surface area contributed by atoms with E-state index in [1.54, 1.807) is 4.90 Å². The minimum absolute atomic E-state index is 0.00120. The molecule has 7 nitrogen and oxygen atoms in total. The number of nitrogens with one attached hydrogen (secondary N) is 1. The molecule has 2 aliphatic rings. The van der Waals surface area contributed by atoms with Crippen molar-refractivity contribution in [3.8, 4) is 0 Å². The van der Waals surface area contributed by atoms with Crippen LogP contribution in [0.1, 0.15) is 0 Å². The summed E-state index contributed by atoms with van der Waals surface area (Å²) in [6, 6.07) is 0. The van der Waals surface area contributed by atoms with E-state index in [1.165, 1.54) is 0 Å². The Morgan fingerprint density at radius 2 is 2.58 bits per heavy atom. The van der Waals surface area contributed by atoms with Gasteiger partial charge < -0.3 is 9.64 Å².